The summed E-state index contributed by atoms with van der Waals surface area (Å²) in [6.07, 6.45) is 0. The molecule has 0 amide bonds. The van der Waals surface area contributed by atoms with Crippen molar-refractivity contribution in [1.29, 1.82) is 0 Å². The number of hydrogen-bond acceptors (Lipinski definition) is 2. The third kappa shape index (κ3) is 6.88. The summed E-state index contributed by atoms with van der Waals surface area (Å²) in [6.45, 7) is 0. The molecule has 0 unspecified atom stereocenters. The molecule has 0 aliphatic rings. The molecule has 11 aromatic rings. The van der Waals surface area contributed by atoms with Crippen molar-refractivity contribution in [3.8, 4) is 84.1 Å². The SMILES string of the molecule is c1ccc(-c2ccc(-c3cc(-c4ccc(-c5ccc(-n6c7ccccc7c7c(-c8ccccc8)cc(-c8ccccc8)cc76)cc5)cc4)nc(-c4ccccc4)n3)cc2)cc1. The van der Waals surface area contributed by atoms with Crippen molar-refractivity contribution in [1.82, 2.24) is 14.5 Å². The first kappa shape index (κ1) is 36.0. The quantitative estimate of drug-likeness (QED) is 0.154. The monoisotopic (exact) mass is 777 g/mol. The van der Waals surface area contributed by atoms with Gasteiger partial charge >= 0.3 is 0 Å². The summed E-state index contributed by atoms with van der Waals surface area (Å²) in [5, 5.41) is 2.50. The summed E-state index contributed by atoms with van der Waals surface area (Å²) >= 11 is 0. The van der Waals surface area contributed by atoms with Crippen LogP contribution in [0.15, 0.2) is 237 Å². The van der Waals surface area contributed by atoms with E-state index >= 15 is 0 Å². The van der Waals surface area contributed by atoms with E-state index in [2.05, 4.69) is 217 Å². The highest BCUT2D eigenvalue weighted by Crippen LogP contribution is 2.42. The van der Waals surface area contributed by atoms with Crippen molar-refractivity contribution in [3.63, 3.8) is 0 Å². The van der Waals surface area contributed by atoms with Crippen molar-refractivity contribution in [2.24, 2.45) is 0 Å². The minimum absolute atomic E-state index is 0.705. The van der Waals surface area contributed by atoms with Gasteiger partial charge in [0.15, 0.2) is 5.82 Å². The smallest absolute Gasteiger partial charge is 0.160 e. The molecule has 0 saturated heterocycles. The molecule has 0 spiro atoms. The van der Waals surface area contributed by atoms with Crippen molar-refractivity contribution in [2.75, 3.05) is 0 Å². The summed E-state index contributed by atoms with van der Waals surface area (Å²) in [4.78, 5) is 10.2. The van der Waals surface area contributed by atoms with Gasteiger partial charge in [0.1, 0.15) is 0 Å². The normalized spacial score (nSPS) is 11.3. The maximum absolute atomic E-state index is 5.09. The van der Waals surface area contributed by atoms with Gasteiger partial charge in [-0.25, -0.2) is 9.97 Å². The number of para-hydroxylation sites is 1. The van der Waals surface area contributed by atoms with Gasteiger partial charge in [-0.2, -0.15) is 0 Å². The average molecular weight is 778 g/mol. The first-order valence-corrected chi connectivity index (χ1v) is 20.7. The number of hydrogen-bond donors (Lipinski definition) is 0. The van der Waals surface area contributed by atoms with Crippen LogP contribution in [0, 0.1) is 0 Å². The molecular formula is C58H39N3. The van der Waals surface area contributed by atoms with Crippen molar-refractivity contribution in [3.05, 3.63) is 237 Å². The second-order valence-corrected chi connectivity index (χ2v) is 15.4. The Hall–Kier alpha value is -8.14. The Morgan fingerprint density at radius 3 is 1.23 bits per heavy atom. The van der Waals surface area contributed by atoms with Crippen LogP contribution in [0.5, 0.6) is 0 Å². The van der Waals surface area contributed by atoms with Gasteiger partial charge in [0.05, 0.1) is 22.4 Å². The zero-order valence-electron chi connectivity index (χ0n) is 33.4. The van der Waals surface area contributed by atoms with Gasteiger partial charge in [0, 0.05) is 33.2 Å². The zero-order valence-corrected chi connectivity index (χ0v) is 33.4. The van der Waals surface area contributed by atoms with Crippen LogP contribution >= 0.6 is 0 Å². The molecule has 61 heavy (non-hydrogen) atoms. The van der Waals surface area contributed by atoms with Gasteiger partial charge in [-0.3, -0.25) is 0 Å². The molecule has 286 valence electrons. The van der Waals surface area contributed by atoms with Crippen LogP contribution in [0.2, 0.25) is 0 Å². The van der Waals surface area contributed by atoms with Crippen molar-refractivity contribution < 1.29 is 0 Å². The Balaban J connectivity index is 0.958. The molecule has 0 aliphatic heterocycles. The van der Waals surface area contributed by atoms with Gasteiger partial charge < -0.3 is 4.57 Å². The molecule has 2 heterocycles. The predicted molar refractivity (Wildman–Crippen MR) is 254 cm³/mol. The highest BCUT2D eigenvalue weighted by atomic mass is 15.0. The Labute approximate surface area is 355 Å². The molecule has 2 aromatic heterocycles. The van der Waals surface area contributed by atoms with Gasteiger partial charge in [0.25, 0.3) is 0 Å². The molecule has 0 saturated carbocycles. The minimum Gasteiger partial charge on any atom is -0.309 e. The van der Waals surface area contributed by atoms with Crippen LogP contribution in [0.4, 0.5) is 0 Å². The highest BCUT2D eigenvalue weighted by molar-refractivity contribution is 6.17. The lowest BCUT2D eigenvalue weighted by molar-refractivity contribution is 1.18. The fourth-order valence-corrected chi connectivity index (χ4v) is 8.58. The number of fused-ring (bicyclic) bond motifs is 3. The second-order valence-electron chi connectivity index (χ2n) is 15.4. The summed E-state index contributed by atoms with van der Waals surface area (Å²) in [5.41, 5.74) is 17.8. The molecular weight excluding hydrogens is 739 g/mol. The molecule has 0 bridgehead atoms. The summed E-state index contributed by atoms with van der Waals surface area (Å²) in [6, 6.07) is 84.1. The molecule has 0 aliphatic carbocycles. The predicted octanol–water partition coefficient (Wildman–Crippen LogP) is 15.2. The van der Waals surface area contributed by atoms with Crippen molar-refractivity contribution in [2.45, 2.75) is 0 Å². The lowest BCUT2D eigenvalue weighted by Gasteiger charge is -2.13. The number of benzene rings is 9. The molecule has 0 atom stereocenters. The molecule has 0 N–H and O–H groups in total. The van der Waals surface area contributed by atoms with E-state index in [4.69, 9.17) is 9.97 Å². The first-order chi connectivity index (χ1) is 30.2. The Morgan fingerprint density at radius 1 is 0.279 bits per heavy atom. The lowest BCUT2D eigenvalue weighted by Crippen LogP contribution is -1.96. The third-order valence-corrected chi connectivity index (χ3v) is 11.7. The van der Waals surface area contributed by atoms with Gasteiger partial charge in [0.2, 0.25) is 0 Å². The third-order valence-electron chi connectivity index (χ3n) is 11.7. The van der Waals surface area contributed by atoms with Crippen LogP contribution in [-0.4, -0.2) is 14.5 Å². The van der Waals surface area contributed by atoms with Gasteiger partial charge in [-0.05, 0) is 80.9 Å². The summed E-state index contributed by atoms with van der Waals surface area (Å²) < 4.78 is 2.42. The average Bonchev–Trinajstić information content (AvgIpc) is 3.69. The second kappa shape index (κ2) is 15.6. The standard InChI is InChI=1S/C58H39N3/c1-5-15-40(16-6-1)42-25-29-46(30-26-42)53-39-54(60-58(59-53)48-21-11-4-12-22-48)47-31-27-43(28-32-47)44-33-35-50(36-34-44)61-55-24-14-13-23-51(55)57-52(45-19-9-3-10-20-45)37-49(38-56(57)61)41-17-7-2-8-18-41/h1-39H. The lowest BCUT2D eigenvalue weighted by atomic mass is 9.94. The van der Waals surface area contributed by atoms with Gasteiger partial charge in [-0.15, -0.1) is 0 Å². The molecule has 3 nitrogen and oxygen atoms in total. The van der Waals surface area contributed by atoms with E-state index in [1.54, 1.807) is 0 Å². The highest BCUT2D eigenvalue weighted by Gasteiger charge is 2.19. The molecule has 0 fully saturated rings. The molecule has 0 radical (unpaired) electrons. The fourth-order valence-electron chi connectivity index (χ4n) is 8.58. The van der Waals surface area contributed by atoms with Gasteiger partial charge in [-0.1, -0.05) is 200 Å². The van der Waals surface area contributed by atoms with E-state index in [-0.39, 0.29) is 0 Å². The maximum atomic E-state index is 5.09. The van der Waals surface area contributed by atoms with Crippen LogP contribution in [0.1, 0.15) is 0 Å². The van der Waals surface area contributed by atoms with Crippen molar-refractivity contribution >= 4 is 21.8 Å². The Morgan fingerprint density at radius 2 is 0.689 bits per heavy atom. The van der Waals surface area contributed by atoms with E-state index in [1.807, 2.05) is 24.3 Å². The van der Waals surface area contributed by atoms with E-state index in [0.29, 0.717) is 5.82 Å². The van der Waals surface area contributed by atoms with E-state index in [9.17, 15) is 0 Å². The minimum atomic E-state index is 0.705. The first-order valence-electron chi connectivity index (χ1n) is 20.7. The maximum Gasteiger partial charge on any atom is 0.160 e. The summed E-state index contributed by atoms with van der Waals surface area (Å²) in [5.74, 6) is 0.705. The van der Waals surface area contributed by atoms with Crippen LogP contribution in [0.3, 0.4) is 0 Å². The molecule has 9 aromatic carbocycles. The van der Waals surface area contributed by atoms with Crippen LogP contribution in [-0.2, 0) is 0 Å². The Bertz CT molecular complexity index is 3280. The number of rotatable bonds is 8. The number of nitrogens with zero attached hydrogens (tertiary/aromatic N) is 3. The van der Waals surface area contributed by atoms with E-state index in [0.717, 1.165) is 44.9 Å². The number of aromatic nitrogens is 3. The van der Waals surface area contributed by atoms with E-state index < -0.39 is 0 Å². The molecule has 3 heteroatoms. The fraction of sp³-hybridized carbons (Fsp3) is 0. The zero-order chi connectivity index (χ0) is 40.5. The van der Waals surface area contributed by atoms with Crippen LogP contribution in [0.25, 0.3) is 106 Å². The summed E-state index contributed by atoms with van der Waals surface area (Å²) in [7, 11) is 0. The van der Waals surface area contributed by atoms with E-state index in [1.165, 1.54) is 55.2 Å². The Kier molecular flexibility index (Phi) is 9.18. The largest absolute Gasteiger partial charge is 0.309 e. The van der Waals surface area contributed by atoms with Crippen LogP contribution < -0.4 is 0 Å². The molecule has 11 rings (SSSR count). The topological polar surface area (TPSA) is 30.7 Å².